The van der Waals surface area contributed by atoms with E-state index in [-0.39, 0.29) is 17.8 Å². The molecule has 0 unspecified atom stereocenters. The van der Waals surface area contributed by atoms with Gasteiger partial charge < -0.3 is 9.64 Å². The smallest absolute Gasteiger partial charge is 0.254 e. The van der Waals surface area contributed by atoms with E-state index in [1.165, 1.54) is 24.3 Å². The van der Waals surface area contributed by atoms with Crippen LogP contribution in [0, 0.1) is 5.82 Å². The summed E-state index contributed by atoms with van der Waals surface area (Å²) in [6, 6.07) is 5.71. The number of carbonyl (C=O) groups excluding carboxylic acids is 1. The predicted molar refractivity (Wildman–Crippen MR) is 57.7 cm³/mol. The van der Waals surface area contributed by atoms with Crippen LogP contribution >= 0.6 is 0 Å². The van der Waals surface area contributed by atoms with Gasteiger partial charge in [0.15, 0.2) is 0 Å². The van der Waals surface area contributed by atoms with E-state index in [4.69, 9.17) is 4.74 Å². The lowest BCUT2D eigenvalue weighted by molar-refractivity contribution is 0.00359. The van der Waals surface area contributed by atoms with Crippen LogP contribution in [0.15, 0.2) is 24.3 Å². The van der Waals surface area contributed by atoms with Crippen molar-refractivity contribution in [1.29, 1.82) is 0 Å². The van der Waals surface area contributed by atoms with Crippen LogP contribution in [0.2, 0.25) is 0 Å². The predicted octanol–water partition coefficient (Wildman–Crippen LogP) is 1.69. The Morgan fingerprint density at radius 3 is 2.75 bits per heavy atom. The Kier molecular flexibility index (Phi) is 3.19. The number of halogens is 1. The number of nitrogens with zero attached hydrogens (tertiary/aromatic N) is 1. The summed E-state index contributed by atoms with van der Waals surface area (Å²) in [5.41, 5.74) is 0.523. The van der Waals surface area contributed by atoms with Gasteiger partial charge in [0.25, 0.3) is 5.91 Å². The number of benzene rings is 1. The average Bonchev–Trinajstić information content (AvgIpc) is 2.30. The molecule has 1 aromatic carbocycles. The summed E-state index contributed by atoms with van der Waals surface area (Å²) in [6.45, 7) is 3.67. The van der Waals surface area contributed by atoms with E-state index in [0.717, 1.165) is 0 Å². The topological polar surface area (TPSA) is 29.5 Å². The van der Waals surface area contributed by atoms with Gasteiger partial charge in [-0.15, -0.1) is 0 Å². The highest BCUT2D eigenvalue weighted by Gasteiger charge is 2.24. The van der Waals surface area contributed by atoms with Crippen LogP contribution in [0.1, 0.15) is 17.3 Å². The second kappa shape index (κ2) is 4.61. The molecule has 1 aliphatic heterocycles. The molecule has 1 aromatic rings. The summed E-state index contributed by atoms with van der Waals surface area (Å²) in [7, 11) is 0. The zero-order chi connectivity index (χ0) is 11.5. The summed E-state index contributed by atoms with van der Waals surface area (Å²) in [5.74, 6) is -0.387. The molecule has 0 saturated carbocycles. The Morgan fingerprint density at radius 1 is 1.44 bits per heavy atom. The average molecular weight is 223 g/mol. The van der Waals surface area contributed by atoms with Crippen molar-refractivity contribution in [1.82, 2.24) is 4.90 Å². The molecule has 86 valence electrons. The van der Waals surface area contributed by atoms with E-state index in [1.807, 2.05) is 6.92 Å². The Hall–Kier alpha value is -1.42. The third kappa shape index (κ3) is 2.22. The normalized spacial score (nSPS) is 20.9. The Labute approximate surface area is 93.8 Å². The standard InChI is InChI=1S/C12H14FNO2/c1-9-8-16-7-6-14(9)12(15)10-2-4-11(13)5-3-10/h2-5,9H,6-8H2,1H3/t9-/m1/s1. The summed E-state index contributed by atoms with van der Waals surface area (Å²) < 4.78 is 18.0. The van der Waals surface area contributed by atoms with E-state index >= 15 is 0 Å². The van der Waals surface area contributed by atoms with Crippen molar-refractivity contribution in [2.24, 2.45) is 0 Å². The molecule has 4 heteroatoms. The van der Waals surface area contributed by atoms with E-state index < -0.39 is 0 Å². The number of rotatable bonds is 1. The number of hydrogen-bond acceptors (Lipinski definition) is 2. The molecule has 1 saturated heterocycles. The lowest BCUT2D eigenvalue weighted by Gasteiger charge is -2.33. The van der Waals surface area contributed by atoms with Crippen LogP contribution in [-0.2, 0) is 4.74 Å². The van der Waals surface area contributed by atoms with Gasteiger partial charge in [-0.1, -0.05) is 0 Å². The molecule has 0 spiro atoms. The molecule has 0 aliphatic carbocycles. The number of hydrogen-bond donors (Lipinski definition) is 0. The van der Waals surface area contributed by atoms with Crippen LogP contribution in [0.25, 0.3) is 0 Å². The van der Waals surface area contributed by atoms with Crippen molar-refractivity contribution in [3.8, 4) is 0 Å². The monoisotopic (exact) mass is 223 g/mol. The number of carbonyl (C=O) groups is 1. The van der Waals surface area contributed by atoms with Crippen LogP contribution in [0.3, 0.4) is 0 Å². The van der Waals surface area contributed by atoms with Crippen LogP contribution in [0.5, 0.6) is 0 Å². The third-order valence-electron chi connectivity index (χ3n) is 2.72. The fourth-order valence-electron chi connectivity index (χ4n) is 1.79. The second-order valence-corrected chi connectivity index (χ2v) is 3.93. The van der Waals surface area contributed by atoms with Gasteiger partial charge in [0.1, 0.15) is 5.82 Å². The summed E-state index contributed by atoms with van der Waals surface area (Å²) >= 11 is 0. The molecule has 2 rings (SSSR count). The quantitative estimate of drug-likeness (QED) is 0.725. The van der Waals surface area contributed by atoms with Crippen molar-refractivity contribution in [3.05, 3.63) is 35.6 Å². The zero-order valence-corrected chi connectivity index (χ0v) is 9.15. The van der Waals surface area contributed by atoms with Crippen molar-refractivity contribution >= 4 is 5.91 Å². The van der Waals surface area contributed by atoms with Gasteiger partial charge in [-0.25, -0.2) is 4.39 Å². The number of amides is 1. The largest absolute Gasteiger partial charge is 0.377 e. The first-order valence-corrected chi connectivity index (χ1v) is 5.33. The summed E-state index contributed by atoms with van der Waals surface area (Å²) in [4.78, 5) is 13.8. The van der Waals surface area contributed by atoms with Crippen molar-refractivity contribution in [3.63, 3.8) is 0 Å². The van der Waals surface area contributed by atoms with E-state index in [1.54, 1.807) is 4.90 Å². The van der Waals surface area contributed by atoms with Gasteiger partial charge in [0.2, 0.25) is 0 Å². The molecule has 1 fully saturated rings. The van der Waals surface area contributed by atoms with E-state index in [9.17, 15) is 9.18 Å². The van der Waals surface area contributed by atoms with E-state index in [0.29, 0.717) is 25.3 Å². The lowest BCUT2D eigenvalue weighted by Crippen LogP contribution is -2.47. The highest BCUT2D eigenvalue weighted by atomic mass is 19.1. The van der Waals surface area contributed by atoms with Gasteiger partial charge in [-0.3, -0.25) is 4.79 Å². The molecular formula is C12H14FNO2. The van der Waals surface area contributed by atoms with Crippen LogP contribution in [-0.4, -0.2) is 36.6 Å². The molecule has 0 N–H and O–H groups in total. The fraction of sp³-hybridized carbons (Fsp3) is 0.417. The molecule has 1 amide bonds. The fourth-order valence-corrected chi connectivity index (χ4v) is 1.79. The molecule has 1 heterocycles. The Balaban J connectivity index is 2.14. The highest BCUT2D eigenvalue weighted by molar-refractivity contribution is 5.94. The molecule has 1 atom stereocenters. The summed E-state index contributed by atoms with van der Waals surface area (Å²) in [5, 5.41) is 0. The number of ether oxygens (including phenoxy) is 1. The molecule has 3 nitrogen and oxygen atoms in total. The minimum Gasteiger partial charge on any atom is -0.377 e. The molecular weight excluding hydrogens is 209 g/mol. The summed E-state index contributed by atoms with van der Waals surface area (Å²) in [6.07, 6.45) is 0. The van der Waals surface area contributed by atoms with Gasteiger partial charge in [0, 0.05) is 12.1 Å². The van der Waals surface area contributed by atoms with Gasteiger partial charge in [-0.2, -0.15) is 0 Å². The molecule has 0 aromatic heterocycles. The highest BCUT2D eigenvalue weighted by Crippen LogP contribution is 2.12. The SMILES string of the molecule is C[C@@H]1COCCN1C(=O)c1ccc(F)cc1. The first-order chi connectivity index (χ1) is 7.68. The molecule has 0 radical (unpaired) electrons. The number of morpholine rings is 1. The van der Waals surface area contributed by atoms with Crippen LogP contribution in [0.4, 0.5) is 4.39 Å². The van der Waals surface area contributed by atoms with Crippen LogP contribution < -0.4 is 0 Å². The maximum Gasteiger partial charge on any atom is 0.254 e. The third-order valence-corrected chi connectivity index (χ3v) is 2.72. The Morgan fingerprint density at radius 2 is 2.12 bits per heavy atom. The maximum atomic E-state index is 12.7. The maximum absolute atomic E-state index is 12.7. The molecule has 0 bridgehead atoms. The second-order valence-electron chi connectivity index (χ2n) is 3.93. The van der Waals surface area contributed by atoms with Crippen molar-refractivity contribution < 1.29 is 13.9 Å². The zero-order valence-electron chi connectivity index (χ0n) is 9.15. The minimum absolute atomic E-state index is 0.0594. The first kappa shape index (κ1) is 11.1. The van der Waals surface area contributed by atoms with Gasteiger partial charge in [0.05, 0.1) is 19.3 Å². The lowest BCUT2D eigenvalue weighted by atomic mass is 10.1. The van der Waals surface area contributed by atoms with Gasteiger partial charge in [-0.05, 0) is 31.2 Å². The molecule has 1 aliphatic rings. The Bertz CT molecular complexity index is 377. The van der Waals surface area contributed by atoms with E-state index in [2.05, 4.69) is 0 Å². The minimum atomic E-state index is -0.327. The molecule has 16 heavy (non-hydrogen) atoms. The first-order valence-electron chi connectivity index (χ1n) is 5.33. The van der Waals surface area contributed by atoms with Crippen molar-refractivity contribution in [2.45, 2.75) is 13.0 Å². The van der Waals surface area contributed by atoms with Crippen molar-refractivity contribution in [2.75, 3.05) is 19.8 Å². The van der Waals surface area contributed by atoms with Gasteiger partial charge >= 0.3 is 0 Å².